The summed E-state index contributed by atoms with van der Waals surface area (Å²) in [5.74, 6) is -0.392. The number of carbonyl (C=O) groups excluding carboxylic acids is 1. The Hall–Kier alpha value is -2.08. The lowest BCUT2D eigenvalue weighted by atomic mass is 9.92. The minimum Gasteiger partial charge on any atom is -0.287 e. The van der Waals surface area contributed by atoms with Gasteiger partial charge in [0.2, 0.25) is 5.91 Å². The van der Waals surface area contributed by atoms with E-state index in [0.717, 1.165) is 22.4 Å². The van der Waals surface area contributed by atoms with E-state index in [2.05, 4.69) is 5.43 Å². The summed E-state index contributed by atoms with van der Waals surface area (Å²) in [6.07, 6.45) is -3.77. The summed E-state index contributed by atoms with van der Waals surface area (Å²) >= 11 is 0. The molecule has 0 spiro atoms. The number of benzene rings is 2. The van der Waals surface area contributed by atoms with Crippen molar-refractivity contribution in [1.29, 1.82) is 0 Å². The van der Waals surface area contributed by atoms with Gasteiger partial charge in [-0.3, -0.25) is 10.2 Å². The molecule has 3 nitrogen and oxygen atoms in total. The predicted molar refractivity (Wildman–Crippen MR) is 90.8 cm³/mol. The lowest BCUT2D eigenvalue weighted by Crippen LogP contribution is -2.43. The quantitative estimate of drug-likeness (QED) is 0.891. The van der Waals surface area contributed by atoms with Crippen molar-refractivity contribution >= 4 is 16.7 Å². The molecule has 0 aliphatic carbocycles. The zero-order valence-corrected chi connectivity index (χ0v) is 14.4. The summed E-state index contributed by atoms with van der Waals surface area (Å²) < 4.78 is 41.9. The maximum Gasteiger partial charge on any atom is 0.409 e. The van der Waals surface area contributed by atoms with Crippen LogP contribution in [0.3, 0.4) is 0 Å². The van der Waals surface area contributed by atoms with Crippen LogP contribution in [0.5, 0.6) is 0 Å². The molecule has 1 aliphatic heterocycles. The van der Waals surface area contributed by atoms with E-state index in [4.69, 9.17) is 0 Å². The van der Waals surface area contributed by atoms with E-state index in [1.807, 2.05) is 19.1 Å². The van der Waals surface area contributed by atoms with Crippen molar-refractivity contribution in [3.8, 4) is 0 Å². The van der Waals surface area contributed by atoms with Gasteiger partial charge in [-0.05, 0) is 42.2 Å². The Bertz CT molecular complexity index is 814. The summed E-state index contributed by atoms with van der Waals surface area (Å²) in [5.41, 5.74) is 2.73. The predicted octanol–water partition coefficient (Wildman–Crippen LogP) is 4.38. The SMILES string of the molecule is CCc1ccc(C(N2CC(C)(C)C(=O)N2)C(F)(F)F)c2ccccc12. The molecule has 1 N–H and O–H groups in total. The molecule has 3 rings (SSSR count). The summed E-state index contributed by atoms with van der Waals surface area (Å²) in [6.45, 7) is 5.27. The Morgan fingerprint density at radius 1 is 1.16 bits per heavy atom. The van der Waals surface area contributed by atoms with Crippen LogP contribution in [0, 0.1) is 5.41 Å². The van der Waals surface area contributed by atoms with Gasteiger partial charge in [0.05, 0.1) is 5.41 Å². The molecule has 1 aliphatic rings. The summed E-state index contributed by atoms with van der Waals surface area (Å²) in [7, 11) is 0. The third-order valence-corrected chi connectivity index (χ3v) is 4.77. The van der Waals surface area contributed by atoms with Gasteiger partial charge in [0, 0.05) is 6.54 Å². The molecule has 1 fully saturated rings. The largest absolute Gasteiger partial charge is 0.409 e. The highest BCUT2D eigenvalue weighted by Gasteiger charge is 2.51. The van der Waals surface area contributed by atoms with Gasteiger partial charge in [0.25, 0.3) is 0 Å². The van der Waals surface area contributed by atoms with E-state index in [1.54, 1.807) is 32.0 Å². The average molecular weight is 350 g/mol. The van der Waals surface area contributed by atoms with E-state index in [-0.39, 0.29) is 12.1 Å². The molecule has 1 saturated heterocycles. The third-order valence-electron chi connectivity index (χ3n) is 4.77. The van der Waals surface area contributed by atoms with Gasteiger partial charge in [-0.25, -0.2) is 5.01 Å². The van der Waals surface area contributed by atoms with Crippen molar-refractivity contribution in [3.05, 3.63) is 47.5 Å². The Morgan fingerprint density at radius 2 is 1.80 bits per heavy atom. The Kier molecular flexibility index (Phi) is 4.27. The normalized spacial score (nSPS) is 19.2. The second-order valence-corrected chi connectivity index (χ2v) is 7.11. The average Bonchev–Trinajstić information content (AvgIpc) is 2.79. The zero-order valence-electron chi connectivity index (χ0n) is 14.4. The van der Waals surface area contributed by atoms with Gasteiger partial charge < -0.3 is 0 Å². The fourth-order valence-corrected chi connectivity index (χ4v) is 3.43. The summed E-state index contributed by atoms with van der Waals surface area (Å²) in [5, 5.41) is 2.42. The van der Waals surface area contributed by atoms with Crippen LogP contribution in [0.1, 0.15) is 37.9 Å². The first-order chi connectivity index (χ1) is 11.6. The molecule has 0 radical (unpaired) electrons. The highest BCUT2D eigenvalue weighted by molar-refractivity contribution is 5.89. The molecule has 1 heterocycles. The minimum atomic E-state index is -4.51. The van der Waals surface area contributed by atoms with Crippen LogP contribution in [0.15, 0.2) is 36.4 Å². The molecule has 1 unspecified atom stereocenters. The first kappa shape index (κ1) is 17.7. The molecule has 6 heteroatoms. The maximum atomic E-state index is 14.0. The van der Waals surface area contributed by atoms with E-state index in [9.17, 15) is 18.0 Å². The molecule has 2 aromatic rings. The number of rotatable bonds is 3. The molecular formula is C19H21F3N2O. The number of hydrogen-bond acceptors (Lipinski definition) is 2. The number of nitrogens with zero attached hydrogens (tertiary/aromatic N) is 1. The molecule has 0 bridgehead atoms. The standard InChI is InChI=1S/C19H21F3N2O/c1-4-12-9-10-15(14-8-6-5-7-13(12)14)16(19(20,21)22)24-11-18(2,3)17(25)23-24/h5-10,16H,4,11H2,1-3H3,(H,23,25). The van der Waals surface area contributed by atoms with Crippen LogP contribution >= 0.6 is 0 Å². The van der Waals surface area contributed by atoms with Gasteiger partial charge >= 0.3 is 6.18 Å². The fraction of sp³-hybridized carbons (Fsp3) is 0.421. The number of alkyl halides is 3. The van der Waals surface area contributed by atoms with E-state index in [0.29, 0.717) is 5.39 Å². The van der Waals surface area contributed by atoms with Crippen molar-refractivity contribution in [2.24, 2.45) is 5.41 Å². The topological polar surface area (TPSA) is 32.3 Å². The molecule has 0 aromatic heterocycles. The number of hydrazine groups is 1. The number of halogens is 3. The van der Waals surface area contributed by atoms with Crippen molar-refractivity contribution in [2.45, 2.75) is 39.4 Å². The molecule has 25 heavy (non-hydrogen) atoms. The van der Waals surface area contributed by atoms with Gasteiger partial charge in [0.1, 0.15) is 0 Å². The van der Waals surface area contributed by atoms with E-state index in [1.165, 1.54) is 6.07 Å². The molecular weight excluding hydrogens is 329 g/mol. The number of nitrogens with one attached hydrogen (secondary N) is 1. The van der Waals surface area contributed by atoms with Crippen molar-refractivity contribution in [2.75, 3.05) is 6.54 Å². The third kappa shape index (κ3) is 3.11. The lowest BCUT2D eigenvalue weighted by molar-refractivity contribution is -0.191. The minimum absolute atomic E-state index is 0.000133. The van der Waals surface area contributed by atoms with Crippen LogP contribution in [0.4, 0.5) is 13.2 Å². The second kappa shape index (κ2) is 6.02. The van der Waals surface area contributed by atoms with Crippen LogP contribution in [0.2, 0.25) is 0 Å². The molecule has 1 atom stereocenters. The van der Waals surface area contributed by atoms with E-state index >= 15 is 0 Å². The van der Waals surface area contributed by atoms with Crippen molar-refractivity contribution in [1.82, 2.24) is 10.4 Å². The monoisotopic (exact) mass is 350 g/mol. The van der Waals surface area contributed by atoms with Gasteiger partial charge in [-0.2, -0.15) is 13.2 Å². The van der Waals surface area contributed by atoms with Crippen LogP contribution in [0.25, 0.3) is 10.8 Å². The lowest BCUT2D eigenvalue weighted by Gasteiger charge is -2.31. The molecule has 1 amide bonds. The molecule has 2 aromatic carbocycles. The van der Waals surface area contributed by atoms with Gasteiger partial charge in [-0.1, -0.05) is 43.3 Å². The van der Waals surface area contributed by atoms with Crippen LogP contribution in [-0.2, 0) is 11.2 Å². The maximum absolute atomic E-state index is 14.0. The number of carbonyl (C=O) groups is 1. The Labute approximate surface area is 144 Å². The highest BCUT2D eigenvalue weighted by atomic mass is 19.4. The molecule has 0 saturated carbocycles. The number of hydrogen-bond donors (Lipinski definition) is 1. The first-order valence-electron chi connectivity index (χ1n) is 8.30. The van der Waals surface area contributed by atoms with Crippen LogP contribution < -0.4 is 5.43 Å². The molecule has 134 valence electrons. The van der Waals surface area contributed by atoms with Gasteiger partial charge in [0.15, 0.2) is 6.04 Å². The van der Waals surface area contributed by atoms with Gasteiger partial charge in [-0.15, -0.1) is 0 Å². The highest BCUT2D eigenvalue weighted by Crippen LogP contribution is 2.43. The summed E-state index contributed by atoms with van der Waals surface area (Å²) in [4.78, 5) is 12.0. The Morgan fingerprint density at radius 3 is 2.32 bits per heavy atom. The Balaban J connectivity index is 2.16. The smallest absolute Gasteiger partial charge is 0.287 e. The van der Waals surface area contributed by atoms with E-state index < -0.39 is 23.5 Å². The number of aryl methyl sites for hydroxylation is 1. The summed E-state index contributed by atoms with van der Waals surface area (Å²) in [6, 6.07) is 8.54. The number of fused-ring (bicyclic) bond motifs is 1. The second-order valence-electron chi connectivity index (χ2n) is 7.11. The van der Waals surface area contributed by atoms with Crippen molar-refractivity contribution < 1.29 is 18.0 Å². The zero-order chi connectivity index (χ0) is 18.4. The van der Waals surface area contributed by atoms with Crippen LogP contribution in [-0.4, -0.2) is 23.6 Å². The van der Waals surface area contributed by atoms with Crippen molar-refractivity contribution in [3.63, 3.8) is 0 Å². The first-order valence-corrected chi connectivity index (χ1v) is 8.30. The number of amides is 1. The fourth-order valence-electron chi connectivity index (χ4n) is 3.43.